The molecule has 18 heavy (non-hydrogen) atoms. The Balaban J connectivity index is 2.40. The maximum Gasteiger partial charge on any atom is 0.165 e. The molecular formula is C13H16FN3O. The second-order valence-electron chi connectivity index (χ2n) is 4.05. The molecule has 0 saturated heterocycles. The van der Waals surface area contributed by atoms with Gasteiger partial charge in [0.1, 0.15) is 0 Å². The third-order valence-electron chi connectivity index (χ3n) is 2.95. The van der Waals surface area contributed by atoms with Gasteiger partial charge in [0.05, 0.1) is 31.4 Å². The first-order valence-corrected chi connectivity index (χ1v) is 5.64. The van der Waals surface area contributed by atoms with Gasteiger partial charge in [-0.1, -0.05) is 6.07 Å². The number of aromatic nitrogens is 2. The van der Waals surface area contributed by atoms with E-state index in [9.17, 15) is 4.39 Å². The first-order chi connectivity index (χ1) is 8.67. The highest BCUT2D eigenvalue weighted by molar-refractivity contribution is 5.34. The van der Waals surface area contributed by atoms with Crippen molar-refractivity contribution in [3.8, 4) is 5.75 Å². The fraction of sp³-hybridized carbons (Fsp3) is 0.308. The summed E-state index contributed by atoms with van der Waals surface area (Å²) in [5.74, 6) is -0.115. The number of hydrogen-bond donors (Lipinski definition) is 1. The summed E-state index contributed by atoms with van der Waals surface area (Å²) in [7, 11) is 5.20. The van der Waals surface area contributed by atoms with Crippen LogP contribution in [0.1, 0.15) is 17.3 Å². The van der Waals surface area contributed by atoms with Gasteiger partial charge in [0.25, 0.3) is 0 Å². The molecule has 0 saturated carbocycles. The molecule has 0 aliphatic rings. The molecule has 0 bridgehead atoms. The highest BCUT2D eigenvalue weighted by Gasteiger charge is 2.16. The summed E-state index contributed by atoms with van der Waals surface area (Å²) in [5.41, 5.74) is 1.81. The van der Waals surface area contributed by atoms with E-state index in [-0.39, 0.29) is 17.6 Å². The number of benzene rings is 1. The number of halogens is 1. The van der Waals surface area contributed by atoms with Crippen LogP contribution in [0, 0.1) is 5.82 Å². The third kappa shape index (κ3) is 2.22. The SMILES string of the molecule is CNC(c1ccc(OC)c(F)c1)c1cncn1C. The summed E-state index contributed by atoms with van der Waals surface area (Å²) >= 11 is 0. The zero-order valence-corrected chi connectivity index (χ0v) is 10.6. The number of imidazole rings is 1. The van der Waals surface area contributed by atoms with Crippen LogP contribution in [0.25, 0.3) is 0 Å². The Morgan fingerprint density at radius 2 is 2.22 bits per heavy atom. The molecule has 0 aliphatic heterocycles. The van der Waals surface area contributed by atoms with Gasteiger partial charge in [-0.15, -0.1) is 0 Å². The van der Waals surface area contributed by atoms with Crippen LogP contribution in [0.2, 0.25) is 0 Å². The normalized spacial score (nSPS) is 12.4. The molecule has 96 valence electrons. The monoisotopic (exact) mass is 249 g/mol. The van der Waals surface area contributed by atoms with Crippen LogP contribution in [0.5, 0.6) is 5.75 Å². The molecule has 5 heteroatoms. The number of hydrogen-bond acceptors (Lipinski definition) is 3. The maximum absolute atomic E-state index is 13.7. The third-order valence-corrected chi connectivity index (χ3v) is 2.95. The van der Waals surface area contributed by atoms with Crippen molar-refractivity contribution >= 4 is 0 Å². The zero-order chi connectivity index (χ0) is 13.1. The minimum absolute atomic E-state index is 0.0992. The molecule has 0 spiro atoms. The van der Waals surface area contributed by atoms with Gasteiger partial charge in [-0.3, -0.25) is 0 Å². The first-order valence-electron chi connectivity index (χ1n) is 5.64. The Morgan fingerprint density at radius 3 is 2.72 bits per heavy atom. The molecule has 0 amide bonds. The van der Waals surface area contributed by atoms with Crippen LogP contribution in [0.3, 0.4) is 0 Å². The largest absolute Gasteiger partial charge is 0.494 e. The van der Waals surface area contributed by atoms with Gasteiger partial charge in [-0.05, 0) is 24.7 Å². The molecule has 2 rings (SSSR count). The van der Waals surface area contributed by atoms with Gasteiger partial charge in [-0.2, -0.15) is 0 Å². The lowest BCUT2D eigenvalue weighted by Gasteiger charge is -2.17. The second-order valence-corrected chi connectivity index (χ2v) is 4.05. The van der Waals surface area contributed by atoms with E-state index in [4.69, 9.17) is 4.74 Å². The summed E-state index contributed by atoms with van der Waals surface area (Å²) < 4.78 is 20.5. The van der Waals surface area contributed by atoms with Crippen molar-refractivity contribution in [1.29, 1.82) is 0 Å². The first kappa shape index (κ1) is 12.6. The highest BCUT2D eigenvalue weighted by Crippen LogP contribution is 2.25. The van der Waals surface area contributed by atoms with E-state index >= 15 is 0 Å². The topological polar surface area (TPSA) is 39.1 Å². The van der Waals surface area contributed by atoms with Crippen molar-refractivity contribution in [2.45, 2.75) is 6.04 Å². The molecule has 1 unspecified atom stereocenters. The molecule has 4 nitrogen and oxygen atoms in total. The van der Waals surface area contributed by atoms with Crippen LogP contribution >= 0.6 is 0 Å². The van der Waals surface area contributed by atoms with Crippen molar-refractivity contribution < 1.29 is 9.13 Å². The number of rotatable bonds is 4. The van der Waals surface area contributed by atoms with E-state index in [1.54, 1.807) is 18.6 Å². The quantitative estimate of drug-likeness (QED) is 0.899. The molecular weight excluding hydrogens is 233 g/mol. The van der Waals surface area contributed by atoms with Crippen molar-refractivity contribution in [2.24, 2.45) is 7.05 Å². The standard InChI is InChI=1S/C13H16FN3O/c1-15-13(11-7-16-8-17(11)2)9-4-5-12(18-3)10(14)6-9/h4-8,13,15H,1-3H3. The van der Waals surface area contributed by atoms with Crippen molar-refractivity contribution in [3.05, 3.63) is 47.8 Å². The van der Waals surface area contributed by atoms with Gasteiger partial charge in [0, 0.05) is 7.05 Å². The van der Waals surface area contributed by atoms with Gasteiger partial charge in [-0.25, -0.2) is 9.37 Å². The summed E-state index contributed by atoms with van der Waals surface area (Å²) in [4.78, 5) is 4.08. The Kier molecular flexibility index (Phi) is 3.62. The lowest BCUT2D eigenvalue weighted by atomic mass is 10.0. The van der Waals surface area contributed by atoms with Crippen LogP contribution in [-0.4, -0.2) is 23.7 Å². The molecule has 0 aliphatic carbocycles. The summed E-state index contributed by atoms with van der Waals surface area (Å²) in [6.45, 7) is 0. The average molecular weight is 249 g/mol. The molecule has 1 atom stereocenters. The molecule has 1 aromatic heterocycles. The molecule has 0 fully saturated rings. The van der Waals surface area contributed by atoms with Gasteiger partial charge in [0.2, 0.25) is 0 Å². The summed E-state index contributed by atoms with van der Waals surface area (Å²) in [5, 5.41) is 3.16. The Hall–Kier alpha value is -1.88. The van der Waals surface area contributed by atoms with Crippen molar-refractivity contribution in [1.82, 2.24) is 14.9 Å². The summed E-state index contributed by atoms with van der Waals surface area (Å²) in [6.07, 6.45) is 3.49. The van der Waals surface area contributed by atoms with E-state index < -0.39 is 0 Å². The van der Waals surface area contributed by atoms with Gasteiger partial charge in [0.15, 0.2) is 11.6 Å². The van der Waals surface area contributed by atoms with Gasteiger partial charge >= 0.3 is 0 Å². The minimum atomic E-state index is -0.364. The Bertz CT molecular complexity index is 539. The molecule has 2 aromatic rings. The molecule has 1 N–H and O–H groups in total. The number of nitrogens with one attached hydrogen (secondary N) is 1. The van der Waals surface area contributed by atoms with E-state index in [0.29, 0.717) is 0 Å². The predicted octanol–water partition coefficient (Wildman–Crippen LogP) is 1.88. The Morgan fingerprint density at radius 1 is 1.44 bits per heavy atom. The highest BCUT2D eigenvalue weighted by atomic mass is 19.1. The lowest BCUT2D eigenvalue weighted by Crippen LogP contribution is -2.20. The van der Waals surface area contributed by atoms with Crippen molar-refractivity contribution in [3.63, 3.8) is 0 Å². The minimum Gasteiger partial charge on any atom is -0.494 e. The number of aryl methyl sites for hydroxylation is 1. The van der Waals surface area contributed by atoms with Crippen molar-refractivity contribution in [2.75, 3.05) is 14.2 Å². The van der Waals surface area contributed by atoms with E-state index in [1.807, 2.05) is 24.7 Å². The number of ether oxygens (including phenoxy) is 1. The lowest BCUT2D eigenvalue weighted by molar-refractivity contribution is 0.385. The van der Waals surface area contributed by atoms with E-state index in [0.717, 1.165) is 11.3 Å². The Labute approximate surface area is 105 Å². The van der Waals surface area contributed by atoms with Crippen LogP contribution < -0.4 is 10.1 Å². The van der Waals surface area contributed by atoms with E-state index in [2.05, 4.69) is 10.3 Å². The average Bonchev–Trinajstić information content (AvgIpc) is 2.77. The van der Waals surface area contributed by atoms with Crippen LogP contribution in [0.15, 0.2) is 30.7 Å². The maximum atomic E-state index is 13.7. The van der Waals surface area contributed by atoms with Crippen LogP contribution in [0.4, 0.5) is 4.39 Å². The zero-order valence-electron chi connectivity index (χ0n) is 10.6. The molecule has 1 aromatic carbocycles. The fourth-order valence-corrected chi connectivity index (χ4v) is 1.99. The number of nitrogens with zero attached hydrogens (tertiary/aromatic N) is 2. The van der Waals surface area contributed by atoms with Crippen LogP contribution in [-0.2, 0) is 7.05 Å². The molecule has 0 radical (unpaired) electrons. The predicted molar refractivity (Wildman–Crippen MR) is 67.1 cm³/mol. The smallest absolute Gasteiger partial charge is 0.165 e. The number of methoxy groups -OCH3 is 1. The van der Waals surface area contributed by atoms with Gasteiger partial charge < -0.3 is 14.6 Å². The summed E-state index contributed by atoms with van der Waals surface area (Å²) in [6, 6.07) is 4.85. The molecule has 1 heterocycles. The second kappa shape index (κ2) is 5.18. The fourth-order valence-electron chi connectivity index (χ4n) is 1.99. The van der Waals surface area contributed by atoms with E-state index in [1.165, 1.54) is 13.2 Å².